The standard InChI is InChI=1S/C15H10N2O/c18-10-11-5-13(8-16-6-11)15-9-17-7-12-3-1-2-4-14(12)15/h1-10H. The van der Waals surface area contributed by atoms with Crippen molar-refractivity contribution in [3.8, 4) is 11.1 Å². The summed E-state index contributed by atoms with van der Waals surface area (Å²) in [6.45, 7) is 0. The number of benzene rings is 1. The minimum atomic E-state index is 0.570. The van der Waals surface area contributed by atoms with Crippen LogP contribution in [-0.2, 0) is 0 Å². The second-order valence-corrected chi connectivity index (χ2v) is 4.03. The van der Waals surface area contributed by atoms with Gasteiger partial charge in [0.15, 0.2) is 6.29 Å². The fourth-order valence-electron chi connectivity index (χ4n) is 2.02. The third-order valence-corrected chi connectivity index (χ3v) is 2.87. The van der Waals surface area contributed by atoms with Crippen LogP contribution in [0.1, 0.15) is 10.4 Å². The molecule has 2 aromatic heterocycles. The van der Waals surface area contributed by atoms with Gasteiger partial charge in [0.1, 0.15) is 0 Å². The summed E-state index contributed by atoms with van der Waals surface area (Å²) < 4.78 is 0. The third-order valence-electron chi connectivity index (χ3n) is 2.87. The SMILES string of the molecule is O=Cc1cncc(-c2cncc3ccccc23)c1. The Morgan fingerprint density at radius 3 is 2.67 bits per heavy atom. The average Bonchev–Trinajstić information content (AvgIpc) is 2.47. The van der Waals surface area contributed by atoms with E-state index in [9.17, 15) is 4.79 Å². The first kappa shape index (κ1) is 10.6. The number of carbonyl (C=O) groups excluding carboxylic acids is 1. The van der Waals surface area contributed by atoms with E-state index in [4.69, 9.17) is 0 Å². The minimum Gasteiger partial charge on any atom is -0.298 e. The molecule has 0 radical (unpaired) electrons. The monoisotopic (exact) mass is 234 g/mol. The molecule has 0 aliphatic carbocycles. The van der Waals surface area contributed by atoms with Crippen LogP contribution >= 0.6 is 0 Å². The van der Waals surface area contributed by atoms with Crippen molar-refractivity contribution in [1.29, 1.82) is 0 Å². The third kappa shape index (κ3) is 1.76. The van der Waals surface area contributed by atoms with Crippen molar-refractivity contribution in [3.63, 3.8) is 0 Å². The molecule has 0 fully saturated rings. The average molecular weight is 234 g/mol. The summed E-state index contributed by atoms with van der Waals surface area (Å²) in [6.07, 6.45) is 7.73. The molecule has 0 unspecified atom stereocenters. The highest BCUT2D eigenvalue weighted by Crippen LogP contribution is 2.27. The van der Waals surface area contributed by atoms with Gasteiger partial charge in [-0.05, 0) is 11.5 Å². The molecule has 0 atom stereocenters. The number of hydrogen-bond acceptors (Lipinski definition) is 3. The molecule has 0 aliphatic heterocycles. The lowest BCUT2D eigenvalue weighted by molar-refractivity contribution is 0.112. The number of nitrogens with zero attached hydrogens (tertiary/aromatic N) is 2. The number of rotatable bonds is 2. The van der Waals surface area contributed by atoms with Crippen LogP contribution in [0.2, 0.25) is 0 Å². The van der Waals surface area contributed by atoms with Crippen LogP contribution in [0.25, 0.3) is 21.9 Å². The smallest absolute Gasteiger partial charge is 0.151 e. The number of fused-ring (bicyclic) bond motifs is 1. The first-order valence-electron chi connectivity index (χ1n) is 5.62. The molecule has 0 bridgehead atoms. The van der Waals surface area contributed by atoms with E-state index < -0.39 is 0 Å². The van der Waals surface area contributed by atoms with E-state index in [1.54, 1.807) is 18.6 Å². The van der Waals surface area contributed by atoms with Gasteiger partial charge in [0.05, 0.1) is 0 Å². The molecule has 2 heterocycles. The Kier molecular flexibility index (Phi) is 2.57. The Bertz CT molecular complexity index is 717. The first-order valence-corrected chi connectivity index (χ1v) is 5.62. The van der Waals surface area contributed by atoms with Crippen molar-refractivity contribution in [3.05, 3.63) is 60.7 Å². The zero-order valence-electron chi connectivity index (χ0n) is 9.58. The van der Waals surface area contributed by atoms with Gasteiger partial charge < -0.3 is 0 Å². The lowest BCUT2D eigenvalue weighted by Gasteiger charge is -2.05. The van der Waals surface area contributed by atoms with Gasteiger partial charge in [0.25, 0.3) is 0 Å². The molecule has 86 valence electrons. The van der Waals surface area contributed by atoms with Gasteiger partial charge in [-0.15, -0.1) is 0 Å². The van der Waals surface area contributed by atoms with E-state index in [-0.39, 0.29) is 0 Å². The quantitative estimate of drug-likeness (QED) is 0.640. The summed E-state index contributed by atoms with van der Waals surface area (Å²) in [5.74, 6) is 0. The maximum absolute atomic E-state index is 10.8. The Morgan fingerprint density at radius 1 is 0.944 bits per heavy atom. The molecule has 0 spiro atoms. The normalized spacial score (nSPS) is 10.4. The zero-order chi connectivity index (χ0) is 12.4. The number of carbonyl (C=O) groups is 1. The van der Waals surface area contributed by atoms with Crippen molar-refractivity contribution in [2.75, 3.05) is 0 Å². The highest BCUT2D eigenvalue weighted by molar-refractivity contribution is 5.96. The molecular formula is C15H10N2O. The molecule has 3 nitrogen and oxygen atoms in total. The van der Waals surface area contributed by atoms with Crippen LogP contribution in [0.3, 0.4) is 0 Å². The largest absolute Gasteiger partial charge is 0.298 e. The number of hydrogen-bond donors (Lipinski definition) is 0. The molecular weight excluding hydrogens is 224 g/mol. The molecule has 3 aromatic rings. The Labute approximate surface area is 104 Å². The summed E-state index contributed by atoms with van der Waals surface area (Å²) in [5, 5.41) is 2.18. The van der Waals surface area contributed by atoms with E-state index >= 15 is 0 Å². The van der Waals surface area contributed by atoms with E-state index in [1.807, 2.05) is 36.5 Å². The molecule has 3 rings (SSSR count). The predicted octanol–water partition coefficient (Wildman–Crippen LogP) is 3.11. The van der Waals surface area contributed by atoms with Crippen LogP contribution in [0.5, 0.6) is 0 Å². The van der Waals surface area contributed by atoms with Crippen molar-refractivity contribution in [2.24, 2.45) is 0 Å². The van der Waals surface area contributed by atoms with E-state index in [2.05, 4.69) is 9.97 Å². The summed E-state index contributed by atoms with van der Waals surface area (Å²) in [4.78, 5) is 19.1. The molecule has 0 aliphatic rings. The fraction of sp³-hybridized carbons (Fsp3) is 0. The van der Waals surface area contributed by atoms with E-state index in [0.29, 0.717) is 5.56 Å². The Morgan fingerprint density at radius 2 is 1.78 bits per heavy atom. The second kappa shape index (κ2) is 4.37. The molecule has 0 amide bonds. The van der Waals surface area contributed by atoms with Crippen LogP contribution in [0, 0.1) is 0 Å². The topological polar surface area (TPSA) is 42.9 Å². The second-order valence-electron chi connectivity index (χ2n) is 4.03. The lowest BCUT2D eigenvalue weighted by atomic mass is 10.0. The summed E-state index contributed by atoms with van der Waals surface area (Å²) >= 11 is 0. The van der Waals surface area contributed by atoms with Gasteiger partial charge in [0, 0.05) is 46.9 Å². The number of pyridine rings is 2. The van der Waals surface area contributed by atoms with Gasteiger partial charge in [-0.25, -0.2) is 0 Å². The van der Waals surface area contributed by atoms with Gasteiger partial charge >= 0.3 is 0 Å². The van der Waals surface area contributed by atoms with Gasteiger partial charge in [-0.1, -0.05) is 24.3 Å². The fourth-order valence-corrected chi connectivity index (χ4v) is 2.02. The molecule has 0 N–H and O–H groups in total. The Balaban J connectivity index is 2.27. The van der Waals surface area contributed by atoms with Crippen molar-refractivity contribution in [2.45, 2.75) is 0 Å². The highest BCUT2D eigenvalue weighted by Gasteiger charge is 2.05. The van der Waals surface area contributed by atoms with Crippen LogP contribution in [0.15, 0.2) is 55.1 Å². The molecule has 0 saturated heterocycles. The van der Waals surface area contributed by atoms with Crippen LogP contribution in [-0.4, -0.2) is 16.3 Å². The molecule has 18 heavy (non-hydrogen) atoms. The lowest BCUT2D eigenvalue weighted by Crippen LogP contribution is -1.88. The number of aldehydes is 1. The maximum Gasteiger partial charge on any atom is 0.151 e. The molecule has 0 saturated carbocycles. The minimum absolute atomic E-state index is 0.570. The van der Waals surface area contributed by atoms with Gasteiger partial charge in [-0.3, -0.25) is 14.8 Å². The maximum atomic E-state index is 10.8. The van der Waals surface area contributed by atoms with Gasteiger partial charge in [-0.2, -0.15) is 0 Å². The van der Waals surface area contributed by atoms with Gasteiger partial charge in [0.2, 0.25) is 0 Å². The van der Waals surface area contributed by atoms with Crippen molar-refractivity contribution < 1.29 is 4.79 Å². The summed E-state index contributed by atoms with van der Waals surface area (Å²) in [5.41, 5.74) is 2.47. The summed E-state index contributed by atoms with van der Waals surface area (Å²) in [6, 6.07) is 9.85. The van der Waals surface area contributed by atoms with E-state index in [0.717, 1.165) is 28.2 Å². The highest BCUT2D eigenvalue weighted by atomic mass is 16.1. The van der Waals surface area contributed by atoms with E-state index in [1.165, 1.54) is 0 Å². The van der Waals surface area contributed by atoms with Crippen molar-refractivity contribution in [1.82, 2.24) is 9.97 Å². The first-order chi connectivity index (χ1) is 8.88. The Hall–Kier alpha value is -2.55. The summed E-state index contributed by atoms with van der Waals surface area (Å²) in [7, 11) is 0. The van der Waals surface area contributed by atoms with Crippen molar-refractivity contribution >= 4 is 17.1 Å². The zero-order valence-corrected chi connectivity index (χ0v) is 9.58. The number of aromatic nitrogens is 2. The van der Waals surface area contributed by atoms with Crippen LogP contribution < -0.4 is 0 Å². The molecule has 3 heteroatoms. The predicted molar refractivity (Wildman–Crippen MR) is 70.4 cm³/mol. The van der Waals surface area contributed by atoms with Crippen LogP contribution in [0.4, 0.5) is 0 Å². The molecule has 1 aromatic carbocycles.